The van der Waals surface area contributed by atoms with Gasteiger partial charge < -0.3 is 4.74 Å². The van der Waals surface area contributed by atoms with Crippen molar-refractivity contribution in [3.8, 4) is 22.7 Å². The van der Waals surface area contributed by atoms with E-state index in [1.165, 1.54) is 11.4 Å². The van der Waals surface area contributed by atoms with Crippen molar-refractivity contribution in [1.29, 1.82) is 0 Å². The van der Waals surface area contributed by atoms with Gasteiger partial charge in [0.25, 0.3) is 11.1 Å². The molecule has 0 radical (unpaired) electrons. The van der Waals surface area contributed by atoms with Crippen LogP contribution in [0.15, 0.2) is 83.0 Å². The molecule has 34 heavy (non-hydrogen) atoms. The minimum absolute atomic E-state index is 0.176. The van der Waals surface area contributed by atoms with Gasteiger partial charge in [-0.25, -0.2) is 4.68 Å². The smallest absolute Gasteiger partial charge is 0.295 e. The summed E-state index contributed by atoms with van der Waals surface area (Å²) in [6.45, 7) is 5.62. The Balaban J connectivity index is 1.67. The first-order valence-electron chi connectivity index (χ1n) is 10.4. The first-order chi connectivity index (χ1) is 16.5. The highest BCUT2D eigenvalue weighted by Gasteiger charge is 2.14. The van der Waals surface area contributed by atoms with Gasteiger partial charge in [-0.15, -0.1) is 0 Å². The number of nitrogens with zero attached hydrogens (tertiary/aromatic N) is 5. The van der Waals surface area contributed by atoms with Gasteiger partial charge in [-0.2, -0.15) is 19.7 Å². The van der Waals surface area contributed by atoms with Crippen LogP contribution in [-0.2, 0) is 0 Å². The molecule has 3 heterocycles. The zero-order valence-corrected chi connectivity index (χ0v) is 19.0. The van der Waals surface area contributed by atoms with Crippen molar-refractivity contribution in [2.45, 2.75) is 6.92 Å². The second-order valence-electron chi connectivity index (χ2n) is 7.45. The maximum Gasteiger partial charge on any atom is 0.295 e. The van der Waals surface area contributed by atoms with E-state index in [0.717, 1.165) is 33.9 Å². The van der Waals surface area contributed by atoms with Gasteiger partial charge >= 0.3 is 0 Å². The fourth-order valence-corrected chi connectivity index (χ4v) is 4.32. The van der Waals surface area contributed by atoms with Gasteiger partial charge in [0.15, 0.2) is 0 Å². The third-order valence-corrected chi connectivity index (χ3v) is 6.05. The Labute approximate surface area is 197 Å². The zero-order valence-electron chi connectivity index (χ0n) is 18.2. The monoisotopic (exact) mass is 469 g/mol. The quantitative estimate of drug-likeness (QED) is 0.355. The van der Waals surface area contributed by atoms with Crippen LogP contribution in [0, 0.1) is 6.92 Å². The van der Waals surface area contributed by atoms with Crippen LogP contribution < -0.4 is 20.4 Å². The van der Waals surface area contributed by atoms with Gasteiger partial charge in [-0.05, 0) is 49.4 Å². The van der Waals surface area contributed by atoms with Crippen LogP contribution in [0.2, 0.25) is 0 Å². The Morgan fingerprint density at radius 1 is 1.06 bits per heavy atom. The summed E-state index contributed by atoms with van der Waals surface area (Å²) in [5.74, 6) is 0.723. The van der Waals surface area contributed by atoms with Gasteiger partial charge in [0.1, 0.15) is 23.7 Å². The van der Waals surface area contributed by atoms with Gasteiger partial charge in [-0.1, -0.05) is 42.2 Å². The molecule has 0 unspecified atom stereocenters. The van der Waals surface area contributed by atoms with E-state index >= 15 is 0 Å². The van der Waals surface area contributed by atoms with E-state index in [1.807, 2.05) is 60.8 Å². The Morgan fingerprint density at radius 3 is 2.56 bits per heavy atom. The molecule has 0 atom stereocenters. The molecule has 0 aliphatic heterocycles. The lowest BCUT2D eigenvalue weighted by molar-refractivity contribution is 0.363. The fourth-order valence-electron chi connectivity index (χ4n) is 3.42. The van der Waals surface area contributed by atoms with E-state index in [-0.39, 0.29) is 16.2 Å². The van der Waals surface area contributed by atoms with Gasteiger partial charge in [0, 0.05) is 17.3 Å². The first kappa shape index (κ1) is 21.5. The molecule has 0 N–H and O–H groups in total. The van der Waals surface area contributed by atoms with Crippen molar-refractivity contribution < 1.29 is 4.74 Å². The molecule has 0 bridgehead atoms. The van der Waals surface area contributed by atoms with Crippen molar-refractivity contribution in [3.05, 3.63) is 110 Å². The molecule has 0 amide bonds. The van der Waals surface area contributed by atoms with Crippen LogP contribution >= 0.6 is 11.3 Å². The van der Waals surface area contributed by atoms with E-state index in [2.05, 4.69) is 16.7 Å². The third kappa shape index (κ3) is 4.04. The molecular formula is C25H19N5O3S. The standard InChI is InChI=1S/C25H19N5O3S/c1-3-13-33-20-11-9-17(10-12-20)22-18(15-29(28-22)19-7-5-4-6-8-19)14-21-24(32)30-25(34-21)26-23(31)16(2)27-30/h3-12,14-15H,1,13H2,2H3/b21-14-. The topological polar surface area (TPSA) is 91.4 Å². The number of para-hydroxylation sites is 1. The summed E-state index contributed by atoms with van der Waals surface area (Å²) in [4.78, 5) is 29.1. The SMILES string of the molecule is C=CCOc1ccc(-c2nn(-c3ccccc3)cc2/C=c2\sc3nc(=O)c(C)nn3c2=O)cc1. The van der Waals surface area contributed by atoms with E-state index in [4.69, 9.17) is 9.84 Å². The summed E-state index contributed by atoms with van der Waals surface area (Å²) in [5.41, 5.74) is 2.59. The number of thiazole rings is 1. The number of benzene rings is 2. The van der Waals surface area contributed by atoms with Crippen molar-refractivity contribution in [2.75, 3.05) is 6.61 Å². The average Bonchev–Trinajstić information content (AvgIpc) is 3.40. The van der Waals surface area contributed by atoms with Crippen LogP contribution in [0.3, 0.4) is 0 Å². The minimum atomic E-state index is -0.441. The van der Waals surface area contributed by atoms with Crippen LogP contribution in [0.5, 0.6) is 5.75 Å². The summed E-state index contributed by atoms with van der Waals surface area (Å²) in [6, 6.07) is 17.3. The van der Waals surface area contributed by atoms with E-state index in [0.29, 0.717) is 16.8 Å². The lowest BCUT2D eigenvalue weighted by Crippen LogP contribution is -2.27. The maximum atomic E-state index is 13.0. The molecule has 2 aromatic carbocycles. The molecule has 0 saturated carbocycles. The van der Waals surface area contributed by atoms with Crippen LogP contribution in [0.1, 0.15) is 11.3 Å². The van der Waals surface area contributed by atoms with Crippen LogP contribution in [-0.4, -0.2) is 31.0 Å². The Bertz CT molecular complexity index is 1670. The second-order valence-corrected chi connectivity index (χ2v) is 8.46. The number of aryl methyl sites for hydroxylation is 1. The van der Waals surface area contributed by atoms with E-state index < -0.39 is 5.56 Å². The number of hydrogen-bond donors (Lipinski definition) is 0. The lowest BCUT2D eigenvalue weighted by atomic mass is 10.1. The largest absolute Gasteiger partial charge is 0.490 e. The van der Waals surface area contributed by atoms with Crippen LogP contribution in [0.25, 0.3) is 28.0 Å². The van der Waals surface area contributed by atoms with E-state index in [9.17, 15) is 9.59 Å². The molecule has 0 aliphatic rings. The van der Waals surface area contributed by atoms with Gasteiger partial charge in [0.2, 0.25) is 4.96 Å². The highest BCUT2D eigenvalue weighted by molar-refractivity contribution is 7.15. The number of aromatic nitrogens is 5. The summed E-state index contributed by atoms with van der Waals surface area (Å²) in [6.07, 6.45) is 5.31. The number of hydrogen-bond acceptors (Lipinski definition) is 7. The summed E-state index contributed by atoms with van der Waals surface area (Å²) >= 11 is 1.12. The number of fused-ring (bicyclic) bond motifs is 1. The fraction of sp³-hybridized carbons (Fsp3) is 0.0800. The molecule has 168 valence electrons. The molecule has 0 spiro atoms. The lowest BCUT2D eigenvalue weighted by Gasteiger charge is -2.04. The molecule has 9 heteroatoms. The highest BCUT2D eigenvalue weighted by Crippen LogP contribution is 2.26. The van der Waals surface area contributed by atoms with Crippen molar-refractivity contribution in [1.82, 2.24) is 24.4 Å². The molecule has 5 aromatic rings. The number of ether oxygens (including phenoxy) is 1. The normalized spacial score (nSPS) is 11.7. The third-order valence-electron chi connectivity index (χ3n) is 5.09. The van der Waals surface area contributed by atoms with Crippen molar-refractivity contribution >= 4 is 22.4 Å². The molecule has 0 fully saturated rings. The van der Waals surface area contributed by atoms with Crippen molar-refractivity contribution in [2.24, 2.45) is 0 Å². The molecular weight excluding hydrogens is 450 g/mol. The average molecular weight is 470 g/mol. The maximum absolute atomic E-state index is 13.0. The molecule has 0 saturated heterocycles. The van der Waals surface area contributed by atoms with Gasteiger partial charge in [-0.3, -0.25) is 9.59 Å². The Hall–Kier alpha value is -4.37. The first-order valence-corrected chi connectivity index (χ1v) is 11.3. The summed E-state index contributed by atoms with van der Waals surface area (Å²) in [7, 11) is 0. The summed E-state index contributed by atoms with van der Waals surface area (Å²) < 4.78 is 8.92. The predicted octanol–water partition coefficient (Wildman–Crippen LogP) is 2.78. The highest BCUT2D eigenvalue weighted by atomic mass is 32.1. The molecule has 0 aliphatic carbocycles. The minimum Gasteiger partial charge on any atom is -0.490 e. The Kier molecular flexibility index (Phi) is 5.60. The second kappa shape index (κ2) is 8.87. The molecule has 5 rings (SSSR count). The van der Waals surface area contributed by atoms with Crippen molar-refractivity contribution in [3.63, 3.8) is 0 Å². The van der Waals surface area contributed by atoms with Gasteiger partial charge in [0.05, 0.1) is 10.2 Å². The Morgan fingerprint density at radius 2 is 1.82 bits per heavy atom. The zero-order chi connectivity index (χ0) is 23.7. The molecule has 8 nitrogen and oxygen atoms in total. The number of rotatable bonds is 6. The van der Waals surface area contributed by atoms with E-state index in [1.54, 1.807) is 16.8 Å². The predicted molar refractivity (Wildman–Crippen MR) is 132 cm³/mol. The van der Waals surface area contributed by atoms with Crippen LogP contribution in [0.4, 0.5) is 0 Å². The summed E-state index contributed by atoms with van der Waals surface area (Å²) in [5, 5.41) is 8.88. The molecule has 3 aromatic heterocycles.